The average Bonchev–Trinajstić information content (AvgIpc) is 1.99. The quantitative estimate of drug-likeness (QED) is 0.532. The van der Waals surface area contributed by atoms with E-state index in [1.165, 1.54) is 0 Å². The van der Waals surface area contributed by atoms with Crippen LogP contribution in [0.15, 0.2) is 4.99 Å². The minimum absolute atomic E-state index is 0.130. The van der Waals surface area contributed by atoms with Crippen molar-refractivity contribution in [3.63, 3.8) is 0 Å². The Kier molecular flexibility index (Phi) is 1.42. The largest absolute Gasteiger partial charge is 0.302 e. The van der Waals surface area contributed by atoms with Crippen LogP contribution in [0.4, 0.5) is 0 Å². The maximum absolute atomic E-state index is 10.6. The highest BCUT2D eigenvalue weighted by Crippen LogP contribution is 2.40. The molecule has 1 rings (SSSR count). The molecule has 0 amide bonds. The van der Waals surface area contributed by atoms with Crippen molar-refractivity contribution >= 4 is 12.5 Å². The fourth-order valence-corrected chi connectivity index (χ4v) is 1.12. The Morgan fingerprint density at radius 2 is 2.20 bits per heavy atom. The van der Waals surface area contributed by atoms with Crippen molar-refractivity contribution in [3.8, 4) is 0 Å². The van der Waals surface area contributed by atoms with Gasteiger partial charge in [0, 0.05) is 6.21 Å². The average molecular weight is 139 g/mol. The van der Waals surface area contributed by atoms with E-state index in [0.717, 1.165) is 12.7 Å². The second-order valence-electron chi connectivity index (χ2n) is 3.29. The first-order valence-electron chi connectivity index (χ1n) is 3.61. The Labute approximate surface area is 61.3 Å². The summed E-state index contributed by atoms with van der Waals surface area (Å²) >= 11 is 0. The lowest BCUT2D eigenvalue weighted by Gasteiger charge is -2.44. The van der Waals surface area contributed by atoms with E-state index in [9.17, 15) is 4.79 Å². The molecule has 2 heteroatoms. The second-order valence-corrected chi connectivity index (χ2v) is 3.29. The topological polar surface area (TPSA) is 29.4 Å². The minimum Gasteiger partial charge on any atom is -0.302 e. The second kappa shape index (κ2) is 1.91. The van der Waals surface area contributed by atoms with Crippen LogP contribution in [-0.4, -0.2) is 18.0 Å². The summed E-state index contributed by atoms with van der Waals surface area (Å²) < 4.78 is 0. The zero-order chi connectivity index (χ0) is 7.83. The Balaban J connectivity index is 2.87. The van der Waals surface area contributed by atoms with Crippen LogP contribution < -0.4 is 0 Å². The minimum atomic E-state index is -0.304. The smallest absolute Gasteiger partial charge is 0.133 e. The monoisotopic (exact) mass is 139 g/mol. The zero-order valence-electron chi connectivity index (χ0n) is 6.72. The molecule has 0 radical (unpaired) electrons. The molecular weight excluding hydrogens is 126 g/mol. The standard InChI is InChI=1S/C8H13NO/c1-4-8(3)7(2,6-10)5-9-8/h5-6H,4H2,1-3H3/t7?,8-/m1/s1. The molecule has 0 saturated carbocycles. The zero-order valence-corrected chi connectivity index (χ0v) is 6.72. The molecule has 10 heavy (non-hydrogen) atoms. The van der Waals surface area contributed by atoms with Gasteiger partial charge in [-0.15, -0.1) is 0 Å². The van der Waals surface area contributed by atoms with E-state index in [-0.39, 0.29) is 11.0 Å². The number of carbonyl (C=O) groups excluding carboxylic acids is 1. The first kappa shape index (κ1) is 7.45. The van der Waals surface area contributed by atoms with Gasteiger partial charge in [-0.1, -0.05) is 6.92 Å². The number of rotatable bonds is 2. The lowest BCUT2D eigenvalue weighted by Crippen LogP contribution is -2.52. The van der Waals surface area contributed by atoms with E-state index in [4.69, 9.17) is 0 Å². The van der Waals surface area contributed by atoms with E-state index in [1.807, 2.05) is 13.8 Å². The van der Waals surface area contributed by atoms with Crippen molar-refractivity contribution in [2.75, 3.05) is 0 Å². The van der Waals surface area contributed by atoms with Crippen molar-refractivity contribution in [1.82, 2.24) is 0 Å². The first-order valence-corrected chi connectivity index (χ1v) is 3.61. The molecule has 2 nitrogen and oxygen atoms in total. The summed E-state index contributed by atoms with van der Waals surface area (Å²) in [4.78, 5) is 14.8. The molecule has 0 aromatic rings. The first-order chi connectivity index (χ1) is 4.58. The van der Waals surface area contributed by atoms with Crippen molar-refractivity contribution in [3.05, 3.63) is 0 Å². The lowest BCUT2D eigenvalue weighted by atomic mass is 9.68. The van der Waals surface area contributed by atoms with E-state index in [0.29, 0.717) is 0 Å². The predicted molar refractivity (Wildman–Crippen MR) is 41.4 cm³/mol. The lowest BCUT2D eigenvalue weighted by molar-refractivity contribution is -0.115. The van der Waals surface area contributed by atoms with Crippen LogP contribution >= 0.6 is 0 Å². The summed E-state index contributed by atoms with van der Waals surface area (Å²) in [5.74, 6) is 0. The van der Waals surface area contributed by atoms with Gasteiger partial charge in [0.1, 0.15) is 6.29 Å². The molecule has 1 heterocycles. The van der Waals surface area contributed by atoms with E-state index in [2.05, 4.69) is 11.9 Å². The molecule has 1 aliphatic heterocycles. The number of hydrogen-bond acceptors (Lipinski definition) is 2. The highest BCUT2D eigenvalue weighted by Gasteiger charge is 2.48. The van der Waals surface area contributed by atoms with E-state index >= 15 is 0 Å². The van der Waals surface area contributed by atoms with Gasteiger partial charge in [-0.2, -0.15) is 0 Å². The van der Waals surface area contributed by atoms with Crippen molar-refractivity contribution < 1.29 is 4.79 Å². The molecule has 0 aromatic heterocycles. The molecule has 1 unspecified atom stereocenters. The summed E-state index contributed by atoms with van der Waals surface area (Å²) in [6, 6.07) is 0. The van der Waals surface area contributed by atoms with Crippen LogP contribution in [0.1, 0.15) is 27.2 Å². The van der Waals surface area contributed by atoms with Crippen LogP contribution in [0.2, 0.25) is 0 Å². The fraction of sp³-hybridized carbons (Fsp3) is 0.750. The highest BCUT2D eigenvalue weighted by molar-refractivity contribution is 5.93. The Hall–Kier alpha value is -0.660. The summed E-state index contributed by atoms with van der Waals surface area (Å²) in [6.07, 6.45) is 3.66. The van der Waals surface area contributed by atoms with Gasteiger partial charge in [0.15, 0.2) is 0 Å². The van der Waals surface area contributed by atoms with Gasteiger partial charge in [0.05, 0.1) is 11.0 Å². The summed E-state index contributed by atoms with van der Waals surface area (Å²) in [7, 11) is 0. The van der Waals surface area contributed by atoms with Gasteiger partial charge in [-0.25, -0.2) is 0 Å². The Morgan fingerprint density at radius 1 is 1.60 bits per heavy atom. The molecule has 2 atom stereocenters. The Bertz CT molecular complexity index is 188. The molecule has 0 saturated heterocycles. The number of carbonyl (C=O) groups is 1. The van der Waals surface area contributed by atoms with Crippen LogP contribution in [0.3, 0.4) is 0 Å². The van der Waals surface area contributed by atoms with Gasteiger partial charge >= 0.3 is 0 Å². The summed E-state index contributed by atoms with van der Waals surface area (Å²) in [6.45, 7) is 6.00. The molecule has 0 aliphatic carbocycles. The SMILES string of the molecule is CC[C@@]1(C)N=CC1(C)C=O. The van der Waals surface area contributed by atoms with Crippen LogP contribution in [0, 0.1) is 5.41 Å². The van der Waals surface area contributed by atoms with E-state index in [1.54, 1.807) is 6.21 Å². The van der Waals surface area contributed by atoms with Crippen LogP contribution in [0.5, 0.6) is 0 Å². The van der Waals surface area contributed by atoms with Gasteiger partial charge in [0.25, 0.3) is 0 Å². The molecule has 0 fully saturated rings. The van der Waals surface area contributed by atoms with Gasteiger partial charge in [-0.05, 0) is 20.3 Å². The number of nitrogens with zero attached hydrogens (tertiary/aromatic N) is 1. The molecule has 0 bridgehead atoms. The van der Waals surface area contributed by atoms with Gasteiger partial charge in [-0.3, -0.25) is 4.99 Å². The van der Waals surface area contributed by atoms with Gasteiger partial charge < -0.3 is 4.79 Å². The molecule has 0 spiro atoms. The van der Waals surface area contributed by atoms with Gasteiger partial charge in [0.2, 0.25) is 0 Å². The maximum atomic E-state index is 10.6. The third kappa shape index (κ3) is 0.648. The van der Waals surface area contributed by atoms with Crippen LogP contribution in [0.25, 0.3) is 0 Å². The third-order valence-electron chi connectivity index (χ3n) is 2.71. The molecule has 56 valence electrons. The summed E-state index contributed by atoms with van der Waals surface area (Å²) in [5.41, 5.74) is -0.434. The predicted octanol–water partition coefficient (Wildman–Crippen LogP) is 1.44. The number of aliphatic imine (C=N–C) groups is 1. The summed E-state index contributed by atoms with van der Waals surface area (Å²) in [5, 5.41) is 0. The van der Waals surface area contributed by atoms with E-state index < -0.39 is 0 Å². The number of hydrogen-bond donors (Lipinski definition) is 0. The number of aldehydes is 1. The third-order valence-corrected chi connectivity index (χ3v) is 2.71. The molecule has 1 aliphatic rings. The maximum Gasteiger partial charge on any atom is 0.133 e. The van der Waals surface area contributed by atoms with Crippen molar-refractivity contribution in [2.45, 2.75) is 32.7 Å². The fourth-order valence-electron chi connectivity index (χ4n) is 1.12. The normalized spacial score (nSPS) is 44.7. The molecule has 0 aromatic carbocycles. The molecular formula is C8H13NO. The van der Waals surface area contributed by atoms with Crippen molar-refractivity contribution in [2.24, 2.45) is 10.4 Å². The highest BCUT2D eigenvalue weighted by atomic mass is 16.1. The van der Waals surface area contributed by atoms with Crippen molar-refractivity contribution in [1.29, 1.82) is 0 Å². The van der Waals surface area contributed by atoms with Crippen LogP contribution in [-0.2, 0) is 4.79 Å². The molecule has 0 N–H and O–H groups in total. The Morgan fingerprint density at radius 3 is 2.30 bits per heavy atom.